The fourth-order valence-corrected chi connectivity index (χ4v) is 4.85. The van der Waals surface area contributed by atoms with Gasteiger partial charge in [-0.1, -0.05) is 19.1 Å². The van der Waals surface area contributed by atoms with Gasteiger partial charge in [0.25, 0.3) is 0 Å². The highest BCUT2D eigenvalue weighted by Gasteiger charge is 2.19. The van der Waals surface area contributed by atoms with Crippen molar-refractivity contribution in [3.8, 4) is 5.75 Å². The van der Waals surface area contributed by atoms with Gasteiger partial charge in [-0.05, 0) is 74.5 Å². The number of hydrogen-bond donors (Lipinski definition) is 1. The molecule has 0 spiro atoms. The Labute approximate surface area is 146 Å². The molecule has 1 atom stereocenters. The van der Waals surface area contributed by atoms with Crippen molar-refractivity contribution in [2.75, 3.05) is 13.2 Å². The van der Waals surface area contributed by atoms with Crippen LogP contribution >= 0.6 is 43.2 Å². The Bertz CT molecular complexity index is 622. The van der Waals surface area contributed by atoms with Crippen LogP contribution in [0.5, 0.6) is 5.75 Å². The average Bonchev–Trinajstić information content (AvgIpc) is 2.83. The normalized spacial score (nSPS) is 15.4. The molecule has 2 nitrogen and oxygen atoms in total. The Balaban J connectivity index is 1.97. The lowest BCUT2D eigenvalue weighted by Gasteiger charge is -2.22. The summed E-state index contributed by atoms with van der Waals surface area (Å²) in [6, 6.07) is 9.02. The van der Waals surface area contributed by atoms with E-state index in [0.29, 0.717) is 0 Å². The fraction of sp³-hybridized carbons (Fsp3) is 0.375. The minimum Gasteiger partial charge on any atom is -0.493 e. The smallest absolute Gasteiger partial charge is 0.122 e. The molecule has 1 aliphatic heterocycles. The highest BCUT2D eigenvalue weighted by Crippen LogP contribution is 2.38. The zero-order valence-electron chi connectivity index (χ0n) is 11.8. The van der Waals surface area contributed by atoms with Crippen molar-refractivity contribution >= 4 is 43.2 Å². The molecule has 0 saturated carbocycles. The van der Waals surface area contributed by atoms with Crippen LogP contribution in [0.15, 0.2) is 32.5 Å². The summed E-state index contributed by atoms with van der Waals surface area (Å²) in [6.45, 7) is 3.92. The summed E-state index contributed by atoms with van der Waals surface area (Å²) >= 11 is 8.95. The summed E-state index contributed by atoms with van der Waals surface area (Å²) in [4.78, 5) is 1.31. The average molecular weight is 431 g/mol. The third-order valence-electron chi connectivity index (χ3n) is 3.62. The number of rotatable bonds is 4. The number of ether oxygens (including phenoxy) is 1. The lowest BCUT2D eigenvalue weighted by atomic mass is 9.98. The van der Waals surface area contributed by atoms with Gasteiger partial charge in [-0.15, -0.1) is 11.3 Å². The standard InChI is InChI=1S/C16H17Br2NOS/c1-2-19-15(14-9-12(17)16(18)21-14)11-5-6-13-10(8-11)4-3-7-20-13/h5-6,8-9,15,19H,2-4,7H2,1H3. The summed E-state index contributed by atoms with van der Waals surface area (Å²) in [5, 5.41) is 3.59. The van der Waals surface area contributed by atoms with E-state index in [1.807, 2.05) is 0 Å². The van der Waals surface area contributed by atoms with Gasteiger partial charge in [0.15, 0.2) is 0 Å². The molecule has 1 unspecified atom stereocenters. The molecule has 2 heterocycles. The van der Waals surface area contributed by atoms with Gasteiger partial charge in [-0.2, -0.15) is 0 Å². The molecule has 1 aliphatic rings. The first kappa shape index (κ1) is 15.5. The van der Waals surface area contributed by atoms with Crippen LogP contribution in [0, 0.1) is 0 Å². The molecule has 1 aromatic heterocycles. The largest absolute Gasteiger partial charge is 0.493 e. The first-order valence-corrected chi connectivity index (χ1v) is 9.53. The molecule has 0 fully saturated rings. The van der Waals surface area contributed by atoms with Gasteiger partial charge < -0.3 is 10.1 Å². The molecule has 0 bridgehead atoms. The fourth-order valence-electron chi connectivity index (χ4n) is 2.65. The predicted octanol–water partition coefficient (Wildman–Crippen LogP) is 5.30. The van der Waals surface area contributed by atoms with Crippen molar-refractivity contribution in [1.82, 2.24) is 5.32 Å². The van der Waals surface area contributed by atoms with Crippen molar-refractivity contribution in [1.29, 1.82) is 0 Å². The van der Waals surface area contributed by atoms with Crippen LogP contribution in [0.3, 0.4) is 0 Å². The third kappa shape index (κ3) is 3.36. The van der Waals surface area contributed by atoms with Gasteiger partial charge in [-0.3, -0.25) is 0 Å². The van der Waals surface area contributed by atoms with E-state index in [0.717, 1.165) is 40.0 Å². The van der Waals surface area contributed by atoms with Crippen LogP contribution in [-0.4, -0.2) is 13.2 Å². The quantitative estimate of drug-likeness (QED) is 0.710. The molecular formula is C16H17Br2NOS. The lowest BCUT2D eigenvalue weighted by Crippen LogP contribution is -2.21. The maximum atomic E-state index is 5.71. The molecule has 21 heavy (non-hydrogen) atoms. The summed E-state index contributed by atoms with van der Waals surface area (Å²) in [5.74, 6) is 1.05. The number of hydrogen-bond acceptors (Lipinski definition) is 3. The Morgan fingerprint density at radius 2 is 2.19 bits per heavy atom. The second-order valence-electron chi connectivity index (χ2n) is 5.08. The van der Waals surface area contributed by atoms with Crippen molar-refractivity contribution in [2.45, 2.75) is 25.8 Å². The van der Waals surface area contributed by atoms with Crippen LogP contribution in [0.4, 0.5) is 0 Å². The molecule has 5 heteroatoms. The summed E-state index contributed by atoms with van der Waals surface area (Å²) in [5.41, 5.74) is 2.64. The van der Waals surface area contributed by atoms with Gasteiger partial charge in [0, 0.05) is 9.35 Å². The molecule has 0 saturated heterocycles. The summed E-state index contributed by atoms with van der Waals surface area (Å²) < 4.78 is 7.97. The number of nitrogens with one attached hydrogen (secondary N) is 1. The SMILES string of the molecule is CCNC(c1ccc2c(c1)CCCO2)c1cc(Br)c(Br)s1. The van der Waals surface area contributed by atoms with E-state index >= 15 is 0 Å². The number of thiophene rings is 1. The lowest BCUT2D eigenvalue weighted by molar-refractivity contribution is 0.288. The molecule has 0 aliphatic carbocycles. The molecule has 112 valence electrons. The van der Waals surface area contributed by atoms with Crippen LogP contribution < -0.4 is 10.1 Å². The molecule has 3 rings (SSSR count). The molecule has 2 aromatic rings. The first-order chi connectivity index (χ1) is 10.2. The van der Waals surface area contributed by atoms with E-state index in [1.54, 1.807) is 11.3 Å². The highest BCUT2D eigenvalue weighted by atomic mass is 79.9. The molecule has 0 radical (unpaired) electrons. The van der Waals surface area contributed by atoms with Gasteiger partial charge in [0.2, 0.25) is 0 Å². The van der Waals surface area contributed by atoms with E-state index in [-0.39, 0.29) is 6.04 Å². The molecular weight excluding hydrogens is 414 g/mol. The summed E-state index contributed by atoms with van der Waals surface area (Å²) in [7, 11) is 0. The minimum absolute atomic E-state index is 0.231. The predicted molar refractivity (Wildman–Crippen MR) is 95.5 cm³/mol. The molecule has 1 aromatic carbocycles. The van der Waals surface area contributed by atoms with Crippen LogP contribution in [-0.2, 0) is 6.42 Å². The van der Waals surface area contributed by atoms with Crippen molar-refractivity contribution in [3.05, 3.63) is 48.5 Å². The first-order valence-electron chi connectivity index (χ1n) is 7.12. The van der Waals surface area contributed by atoms with Crippen molar-refractivity contribution in [3.63, 3.8) is 0 Å². The number of fused-ring (bicyclic) bond motifs is 1. The molecule has 1 N–H and O–H groups in total. The number of aryl methyl sites for hydroxylation is 1. The van der Waals surface area contributed by atoms with E-state index in [4.69, 9.17) is 4.74 Å². The van der Waals surface area contributed by atoms with Gasteiger partial charge in [0.1, 0.15) is 5.75 Å². The zero-order valence-corrected chi connectivity index (χ0v) is 15.8. The van der Waals surface area contributed by atoms with Gasteiger partial charge in [-0.25, -0.2) is 0 Å². The monoisotopic (exact) mass is 429 g/mol. The van der Waals surface area contributed by atoms with E-state index in [1.165, 1.54) is 16.0 Å². The van der Waals surface area contributed by atoms with Crippen molar-refractivity contribution < 1.29 is 4.74 Å². The minimum atomic E-state index is 0.231. The topological polar surface area (TPSA) is 21.3 Å². The Morgan fingerprint density at radius 1 is 1.33 bits per heavy atom. The van der Waals surface area contributed by atoms with E-state index in [2.05, 4.69) is 68.4 Å². The Kier molecular flexibility index (Phi) is 5.04. The van der Waals surface area contributed by atoms with E-state index < -0.39 is 0 Å². The Morgan fingerprint density at radius 3 is 2.90 bits per heavy atom. The van der Waals surface area contributed by atoms with Crippen molar-refractivity contribution in [2.24, 2.45) is 0 Å². The second kappa shape index (κ2) is 6.82. The molecule has 0 amide bonds. The third-order valence-corrected chi connectivity index (χ3v) is 6.94. The maximum Gasteiger partial charge on any atom is 0.122 e. The van der Waals surface area contributed by atoms with Crippen LogP contribution in [0.1, 0.15) is 35.4 Å². The van der Waals surface area contributed by atoms with Gasteiger partial charge >= 0.3 is 0 Å². The zero-order chi connectivity index (χ0) is 14.8. The van der Waals surface area contributed by atoms with Crippen LogP contribution in [0.25, 0.3) is 0 Å². The summed E-state index contributed by atoms with van der Waals surface area (Å²) in [6.07, 6.45) is 2.22. The van der Waals surface area contributed by atoms with Gasteiger partial charge in [0.05, 0.1) is 16.4 Å². The highest BCUT2D eigenvalue weighted by molar-refractivity contribution is 9.13. The number of halogens is 2. The van der Waals surface area contributed by atoms with E-state index in [9.17, 15) is 0 Å². The Hall–Kier alpha value is -0.360. The van der Waals surface area contributed by atoms with Crippen LogP contribution in [0.2, 0.25) is 0 Å². The number of benzene rings is 1. The second-order valence-corrected chi connectivity index (χ2v) is 8.34. The maximum absolute atomic E-state index is 5.71.